The van der Waals surface area contributed by atoms with Gasteiger partial charge in [0.15, 0.2) is 17.5 Å². The summed E-state index contributed by atoms with van der Waals surface area (Å²) in [6, 6.07) is 6.23. The van der Waals surface area contributed by atoms with Gasteiger partial charge >= 0.3 is 6.03 Å². The molecule has 0 aliphatic carbocycles. The molecule has 0 aromatic heterocycles. The maximum atomic E-state index is 13.2. The third-order valence-corrected chi connectivity index (χ3v) is 4.29. The number of carbonyl (C=O) groups excluding carboxylic acids is 3. The lowest BCUT2D eigenvalue weighted by molar-refractivity contribution is -0.130. The summed E-state index contributed by atoms with van der Waals surface area (Å²) < 4.78 is 44.6. The molecule has 0 unspecified atom stereocenters. The van der Waals surface area contributed by atoms with Crippen LogP contribution in [0.3, 0.4) is 0 Å². The van der Waals surface area contributed by atoms with Crippen molar-refractivity contribution in [3.63, 3.8) is 0 Å². The molecule has 3 rings (SSSR count). The molecule has 4 amide bonds. The number of halogens is 3. The van der Waals surface area contributed by atoms with Crippen molar-refractivity contribution in [3.8, 4) is 5.75 Å². The molecule has 1 heterocycles. The van der Waals surface area contributed by atoms with Crippen LogP contribution in [0.1, 0.15) is 12.0 Å². The normalized spacial score (nSPS) is 16.0. The summed E-state index contributed by atoms with van der Waals surface area (Å²) >= 11 is 0. The number of para-hydroxylation sites is 1. The summed E-state index contributed by atoms with van der Waals surface area (Å²) in [6.45, 7) is -0.0544. The highest BCUT2D eigenvalue weighted by Gasteiger charge is 2.39. The molecule has 1 saturated heterocycles. The number of anilines is 1. The van der Waals surface area contributed by atoms with E-state index in [4.69, 9.17) is 4.74 Å². The van der Waals surface area contributed by atoms with E-state index in [2.05, 4.69) is 10.6 Å². The number of ether oxygens (including phenoxy) is 1. The largest absolute Gasteiger partial charge is 0.496 e. The zero-order chi connectivity index (χ0) is 21.1. The van der Waals surface area contributed by atoms with E-state index in [1.807, 2.05) is 0 Å². The molecule has 152 valence electrons. The van der Waals surface area contributed by atoms with E-state index in [-0.39, 0.29) is 12.2 Å². The maximum absolute atomic E-state index is 13.2. The lowest BCUT2D eigenvalue weighted by Gasteiger charge is -2.15. The maximum Gasteiger partial charge on any atom is 0.325 e. The minimum absolute atomic E-state index is 0.0544. The van der Waals surface area contributed by atoms with Gasteiger partial charge in [0.1, 0.15) is 11.8 Å². The molecule has 10 heteroatoms. The van der Waals surface area contributed by atoms with Crippen molar-refractivity contribution in [1.82, 2.24) is 10.2 Å². The van der Waals surface area contributed by atoms with Crippen LogP contribution in [-0.4, -0.2) is 35.9 Å². The minimum Gasteiger partial charge on any atom is -0.496 e. The summed E-state index contributed by atoms with van der Waals surface area (Å²) in [6.07, 6.45) is -0.465. The molecule has 1 aliphatic heterocycles. The van der Waals surface area contributed by atoms with Crippen LogP contribution in [0.2, 0.25) is 0 Å². The highest BCUT2D eigenvalue weighted by molar-refractivity contribution is 6.06. The number of rotatable bonds is 6. The van der Waals surface area contributed by atoms with Gasteiger partial charge in [-0.3, -0.25) is 14.5 Å². The fourth-order valence-corrected chi connectivity index (χ4v) is 2.89. The lowest BCUT2D eigenvalue weighted by atomic mass is 10.1. The number of hydrogen-bond donors (Lipinski definition) is 2. The first kappa shape index (κ1) is 20.2. The van der Waals surface area contributed by atoms with E-state index in [1.54, 1.807) is 24.3 Å². The molecular formula is C19H16F3N3O4. The number of nitrogens with zero attached hydrogens (tertiary/aromatic N) is 1. The topological polar surface area (TPSA) is 87.7 Å². The van der Waals surface area contributed by atoms with Crippen molar-refractivity contribution in [3.05, 3.63) is 59.4 Å². The molecule has 0 bridgehead atoms. The van der Waals surface area contributed by atoms with E-state index in [0.717, 1.165) is 4.90 Å². The number of imide groups is 1. The first-order valence-corrected chi connectivity index (χ1v) is 8.48. The van der Waals surface area contributed by atoms with E-state index >= 15 is 0 Å². The lowest BCUT2D eigenvalue weighted by Crippen LogP contribution is -2.34. The SMILES string of the molecule is COc1ccccc1CN1C(=O)N[C@@H](CC(=O)Nc2cc(F)c(F)c(F)c2)C1=O. The Bertz CT molecular complexity index is 960. The fourth-order valence-electron chi connectivity index (χ4n) is 2.89. The van der Waals surface area contributed by atoms with Gasteiger partial charge in [0.2, 0.25) is 5.91 Å². The van der Waals surface area contributed by atoms with Crippen LogP contribution in [0.25, 0.3) is 0 Å². The number of carbonyl (C=O) groups is 3. The van der Waals surface area contributed by atoms with Crippen molar-refractivity contribution in [1.29, 1.82) is 0 Å². The van der Waals surface area contributed by atoms with Gasteiger partial charge in [-0.25, -0.2) is 18.0 Å². The van der Waals surface area contributed by atoms with Crippen LogP contribution >= 0.6 is 0 Å². The van der Waals surface area contributed by atoms with E-state index < -0.39 is 47.8 Å². The van der Waals surface area contributed by atoms with Gasteiger partial charge in [0.05, 0.1) is 20.1 Å². The molecule has 0 saturated carbocycles. The molecular weight excluding hydrogens is 391 g/mol. The molecule has 1 fully saturated rings. The Morgan fingerprint density at radius 1 is 1.17 bits per heavy atom. The predicted octanol–water partition coefficient (Wildman–Crippen LogP) is 2.56. The van der Waals surface area contributed by atoms with Crippen molar-refractivity contribution in [2.75, 3.05) is 12.4 Å². The van der Waals surface area contributed by atoms with Gasteiger partial charge in [0.25, 0.3) is 5.91 Å². The monoisotopic (exact) mass is 407 g/mol. The standard InChI is InChI=1S/C19H16F3N3O4/c1-29-15-5-3-2-4-10(15)9-25-18(27)14(24-19(25)28)8-16(26)23-11-6-12(20)17(22)13(21)7-11/h2-7,14H,8-9H2,1H3,(H,23,26)(H,24,28)/t14-/m0/s1. The molecule has 0 radical (unpaired) electrons. The average Bonchev–Trinajstić information content (AvgIpc) is 2.93. The molecule has 2 aromatic rings. The van der Waals surface area contributed by atoms with Gasteiger partial charge < -0.3 is 15.4 Å². The van der Waals surface area contributed by atoms with Crippen molar-refractivity contribution < 1.29 is 32.3 Å². The Morgan fingerprint density at radius 2 is 1.83 bits per heavy atom. The predicted molar refractivity (Wildman–Crippen MR) is 95.4 cm³/mol. The second-order valence-electron chi connectivity index (χ2n) is 6.24. The van der Waals surface area contributed by atoms with Gasteiger partial charge in [-0.15, -0.1) is 0 Å². The number of amides is 4. The van der Waals surface area contributed by atoms with Gasteiger partial charge in [-0.05, 0) is 6.07 Å². The van der Waals surface area contributed by atoms with Gasteiger partial charge in [0, 0.05) is 23.4 Å². The van der Waals surface area contributed by atoms with Crippen LogP contribution in [0.4, 0.5) is 23.7 Å². The Balaban J connectivity index is 1.66. The van der Waals surface area contributed by atoms with Gasteiger partial charge in [-0.1, -0.05) is 18.2 Å². The van der Waals surface area contributed by atoms with Crippen molar-refractivity contribution in [2.24, 2.45) is 0 Å². The summed E-state index contributed by atoms with van der Waals surface area (Å²) in [4.78, 5) is 37.7. The summed E-state index contributed by atoms with van der Waals surface area (Å²) in [7, 11) is 1.46. The average molecular weight is 407 g/mol. The van der Waals surface area contributed by atoms with Gasteiger partial charge in [-0.2, -0.15) is 0 Å². The summed E-state index contributed by atoms with van der Waals surface area (Å²) in [5.74, 6) is -5.51. The summed E-state index contributed by atoms with van der Waals surface area (Å²) in [5.41, 5.74) is 0.287. The smallest absolute Gasteiger partial charge is 0.325 e. The Labute approximate surface area is 163 Å². The molecule has 1 aliphatic rings. The number of methoxy groups -OCH3 is 1. The Hall–Kier alpha value is -3.56. The van der Waals surface area contributed by atoms with E-state index in [0.29, 0.717) is 23.4 Å². The number of hydrogen-bond acceptors (Lipinski definition) is 4. The number of urea groups is 1. The Morgan fingerprint density at radius 3 is 2.48 bits per heavy atom. The zero-order valence-corrected chi connectivity index (χ0v) is 15.2. The third-order valence-electron chi connectivity index (χ3n) is 4.29. The minimum atomic E-state index is -1.66. The van der Waals surface area contributed by atoms with Crippen LogP contribution in [0.5, 0.6) is 5.75 Å². The first-order chi connectivity index (χ1) is 13.8. The van der Waals surface area contributed by atoms with E-state index in [9.17, 15) is 27.6 Å². The zero-order valence-electron chi connectivity index (χ0n) is 15.2. The molecule has 7 nitrogen and oxygen atoms in total. The molecule has 1 atom stereocenters. The first-order valence-electron chi connectivity index (χ1n) is 8.48. The second kappa shape index (κ2) is 8.21. The van der Waals surface area contributed by atoms with Crippen LogP contribution in [0.15, 0.2) is 36.4 Å². The highest BCUT2D eigenvalue weighted by atomic mass is 19.2. The number of nitrogens with one attached hydrogen (secondary N) is 2. The third kappa shape index (κ3) is 4.31. The molecule has 0 spiro atoms. The quantitative estimate of drug-likeness (QED) is 0.569. The van der Waals surface area contributed by atoms with Crippen molar-refractivity contribution in [2.45, 2.75) is 19.0 Å². The highest BCUT2D eigenvalue weighted by Crippen LogP contribution is 2.22. The Kier molecular flexibility index (Phi) is 5.71. The molecule has 2 N–H and O–H groups in total. The fraction of sp³-hybridized carbons (Fsp3) is 0.211. The van der Waals surface area contributed by atoms with E-state index in [1.165, 1.54) is 7.11 Å². The van der Waals surface area contributed by atoms with Crippen LogP contribution in [-0.2, 0) is 16.1 Å². The molecule has 29 heavy (non-hydrogen) atoms. The van der Waals surface area contributed by atoms with Crippen molar-refractivity contribution >= 4 is 23.5 Å². The van der Waals surface area contributed by atoms with Crippen LogP contribution in [0, 0.1) is 17.5 Å². The number of benzene rings is 2. The van der Waals surface area contributed by atoms with Crippen LogP contribution < -0.4 is 15.4 Å². The summed E-state index contributed by atoms with van der Waals surface area (Å²) in [5, 5.41) is 4.56. The second-order valence-corrected chi connectivity index (χ2v) is 6.24. The molecule has 2 aromatic carbocycles.